The summed E-state index contributed by atoms with van der Waals surface area (Å²) in [6.07, 6.45) is 1.09. The molecule has 2 N–H and O–H groups in total. The van der Waals surface area contributed by atoms with Crippen molar-refractivity contribution < 1.29 is 13.5 Å². The molecule has 0 aliphatic heterocycles. The first-order valence-electron chi connectivity index (χ1n) is 5.29. The van der Waals surface area contributed by atoms with E-state index in [4.69, 9.17) is 5.11 Å². The van der Waals surface area contributed by atoms with Gasteiger partial charge in [0.25, 0.3) is 0 Å². The third-order valence-corrected chi connectivity index (χ3v) is 5.75. The summed E-state index contributed by atoms with van der Waals surface area (Å²) in [6.45, 7) is 3.64. The zero-order valence-corrected chi connectivity index (χ0v) is 13.0. The number of aryl methyl sites for hydroxylation is 1. The van der Waals surface area contributed by atoms with Crippen molar-refractivity contribution in [2.45, 2.75) is 37.6 Å². The molecule has 1 aromatic rings. The molecule has 0 aliphatic rings. The molecule has 1 unspecified atom stereocenters. The fraction of sp³-hybridized carbons (Fsp3) is 0.600. The van der Waals surface area contributed by atoms with E-state index in [0.717, 1.165) is 8.66 Å². The molecule has 17 heavy (non-hydrogen) atoms. The van der Waals surface area contributed by atoms with Crippen LogP contribution in [0.4, 0.5) is 0 Å². The minimum atomic E-state index is -3.48. The van der Waals surface area contributed by atoms with Gasteiger partial charge in [-0.05, 0) is 41.8 Å². The molecule has 0 saturated heterocycles. The Bertz CT molecular complexity index is 470. The molecule has 1 rings (SSSR count). The van der Waals surface area contributed by atoms with E-state index in [1.54, 1.807) is 13.0 Å². The maximum atomic E-state index is 12.1. The van der Waals surface area contributed by atoms with E-state index in [2.05, 4.69) is 20.7 Å². The highest BCUT2D eigenvalue weighted by molar-refractivity contribution is 9.11. The molecular weight excluding hydrogens is 326 g/mol. The van der Waals surface area contributed by atoms with Gasteiger partial charge in [0.1, 0.15) is 0 Å². The minimum Gasteiger partial charge on any atom is -0.396 e. The van der Waals surface area contributed by atoms with Crippen LogP contribution in [0.3, 0.4) is 0 Å². The summed E-state index contributed by atoms with van der Waals surface area (Å²) in [6, 6.07) is 1.39. The number of sulfonamides is 1. The van der Waals surface area contributed by atoms with Crippen LogP contribution in [-0.2, 0) is 10.0 Å². The van der Waals surface area contributed by atoms with Gasteiger partial charge in [-0.2, -0.15) is 0 Å². The lowest BCUT2D eigenvalue weighted by Gasteiger charge is -2.15. The molecule has 98 valence electrons. The molecule has 0 spiro atoms. The predicted octanol–water partition coefficient (Wildman–Crippen LogP) is 2.26. The van der Waals surface area contributed by atoms with Crippen molar-refractivity contribution in [3.05, 3.63) is 14.7 Å². The van der Waals surface area contributed by atoms with Crippen molar-refractivity contribution in [1.82, 2.24) is 4.72 Å². The SMILES string of the molecule is CCC(CCO)NS(=O)(=O)c1cc(Br)sc1C. The topological polar surface area (TPSA) is 66.4 Å². The quantitative estimate of drug-likeness (QED) is 0.833. The minimum absolute atomic E-state index is 0.0205. The van der Waals surface area contributed by atoms with Gasteiger partial charge in [0, 0.05) is 17.5 Å². The van der Waals surface area contributed by atoms with Crippen LogP contribution in [0, 0.1) is 6.92 Å². The van der Waals surface area contributed by atoms with Crippen molar-refractivity contribution >= 4 is 37.3 Å². The first kappa shape index (κ1) is 15.1. The highest BCUT2D eigenvalue weighted by Gasteiger charge is 2.22. The van der Waals surface area contributed by atoms with Gasteiger partial charge in [-0.3, -0.25) is 0 Å². The number of halogens is 1. The number of aliphatic hydroxyl groups is 1. The van der Waals surface area contributed by atoms with Gasteiger partial charge in [-0.1, -0.05) is 6.92 Å². The van der Waals surface area contributed by atoms with E-state index < -0.39 is 10.0 Å². The third-order valence-electron chi connectivity index (χ3n) is 2.42. The molecule has 4 nitrogen and oxygen atoms in total. The molecule has 1 aromatic heterocycles. The Morgan fingerprint density at radius 3 is 2.65 bits per heavy atom. The Morgan fingerprint density at radius 2 is 2.24 bits per heavy atom. The molecule has 0 fully saturated rings. The van der Waals surface area contributed by atoms with Crippen LogP contribution in [-0.4, -0.2) is 26.2 Å². The first-order valence-corrected chi connectivity index (χ1v) is 8.39. The summed E-state index contributed by atoms with van der Waals surface area (Å²) < 4.78 is 27.6. The van der Waals surface area contributed by atoms with Crippen LogP contribution in [0.15, 0.2) is 14.7 Å². The average Bonchev–Trinajstić information content (AvgIpc) is 2.57. The average molecular weight is 342 g/mol. The number of rotatable bonds is 6. The molecular formula is C10H16BrNO3S2. The van der Waals surface area contributed by atoms with Crippen LogP contribution in [0.1, 0.15) is 24.6 Å². The molecule has 0 amide bonds. The van der Waals surface area contributed by atoms with Crippen LogP contribution in [0.5, 0.6) is 0 Å². The fourth-order valence-corrected chi connectivity index (χ4v) is 5.25. The largest absolute Gasteiger partial charge is 0.396 e. The van der Waals surface area contributed by atoms with Crippen LogP contribution >= 0.6 is 27.3 Å². The Kier molecular flexibility index (Phi) is 5.59. The molecule has 0 aromatic carbocycles. The van der Waals surface area contributed by atoms with Crippen molar-refractivity contribution in [1.29, 1.82) is 0 Å². The van der Waals surface area contributed by atoms with E-state index >= 15 is 0 Å². The van der Waals surface area contributed by atoms with Gasteiger partial charge >= 0.3 is 0 Å². The first-order chi connectivity index (χ1) is 7.90. The highest BCUT2D eigenvalue weighted by atomic mass is 79.9. The van der Waals surface area contributed by atoms with E-state index in [0.29, 0.717) is 17.7 Å². The van der Waals surface area contributed by atoms with Gasteiger partial charge < -0.3 is 5.11 Å². The van der Waals surface area contributed by atoms with E-state index in [1.165, 1.54) is 11.3 Å². The zero-order chi connectivity index (χ0) is 13.1. The zero-order valence-electron chi connectivity index (χ0n) is 9.73. The smallest absolute Gasteiger partial charge is 0.241 e. The van der Waals surface area contributed by atoms with Crippen LogP contribution in [0.2, 0.25) is 0 Å². The Balaban J connectivity index is 2.92. The van der Waals surface area contributed by atoms with Crippen molar-refractivity contribution in [3.8, 4) is 0 Å². The normalized spacial score (nSPS) is 13.9. The van der Waals surface area contributed by atoms with Gasteiger partial charge in [-0.25, -0.2) is 13.1 Å². The molecule has 0 aliphatic carbocycles. The highest BCUT2D eigenvalue weighted by Crippen LogP contribution is 2.29. The second-order valence-corrected chi connectivity index (χ2v) is 8.03. The summed E-state index contributed by atoms with van der Waals surface area (Å²) in [5, 5.41) is 8.85. The second kappa shape index (κ2) is 6.29. The summed E-state index contributed by atoms with van der Waals surface area (Å²) in [7, 11) is -3.48. The van der Waals surface area contributed by atoms with Gasteiger partial charge in [-0.15, -0.1) is 11.3 Å². The number of hydrogen-bond acceptors (Lipinski definition) is 4. The lowest BCUT2D eigenvalue weighted by Crippen LogP contribution is -2.35. The van der Waals surface area contributed by atoms with Crippen molar-refractivity contribution in [2.24, 2.45) is 0 Å². The van der Waals surface area contributed by atoms with Crippen LogP contribution < -0.4 is 4.72 Å². The van der Waals surface area contributed by atoms with Crippen molar-refractivity contribution in [3.63, 3.8) is 0 Å². The molecule has 1 heterocycles. The summed E-state index contributed by atoms with van der Waals surface area (Å²) in [5.74, 6) is 0. The number of thiophene rings is 1. The summed E-state index contributed by atoms with van der Waals surface area (Å²) >= 11 is 4.67. The Labute approximate surface area is 114 Å². The number of hydrogen-bond donors (Lipinski definition) is 2. The Morgan fingerprint density at radius 1 is 1.59 bits per heavy atom. The lowest BCUT2D eigenvalue weighted by molar-refractivity contribution is 0.270. The van der Waals surface area contributed by atoms with E-state index in [1.807, 2.05) is 6.92 Å². The van der Waals surface area contributed by atoms with Gasteiger partial charge in [0.05, 0.1) is 8.68 Å². The van der Waals surface area contributed by atoms with Gasteiger partial charge in [0.15, 0.2) is 0 Å². The molecule has 0 radical (unpaired) electrons. The van der Waals surface area contributed by atoms with E-state index in [-0.39, 0.29) is 12.6 Å². The standard InChI is InChI=1S/C10H16BrNO3S2/c1-3-8(4-5-13)12-17(14,15)9-6-10(11)16-7(9)2/h6,8,12-13H,3-5H2,1-2H3. The monoisotopic (exact) mass is 341 g/mol. The summed E-state index contributed by atoms with van der Waals surface area (Å²) in [5.41, 5.74) is 0. The molecule has 0 saturated carbocycles. The summed E-state index contributed by atoms with van der Waals surface area (Å²) in [4.78, 5) is 1.06. The van der Waals surface area contributed by atoms with E-state index in [9.17, 15) is 8.42 Å². The second-order valence-electron chi connectivity index (χ2n) is 3.71. The third kappa shape index (κ3) is 4.03. The van der Waals surface area contributed by atoms with Crippen molar-refractivity contribution in [2.75, 3.05) is 6.61 Å². The molecule has 0 bridgehead atoms. The fourth-order valence-electron chi connectivity index (χ4n) is 1.48. The van der Waals surface area contributed by atoms with Gasteiger partial charge in [0.2, 0.25) is 10.0 Å². The van der Waals surface area contributed by atoms with Crippen LogP contribution in [0.25, 0.3) is 0 Å². The maximum absolute atomic E-state index is 12.1. The Hall–Kier alpha value is 0.0500. The molecule has 1 atom stereocenters. The lowest BCUT2D eigenvalue weighted by atomic mass is 10.2. The maximum Gasteiger partial charge on any atom is 0.241 e. The predicted molar refractivity (Wildman–Crippen MR) is 72.9 cm³/mol. The molecule has 7 heteroatoms. The number of nitrogens with one attached hydrogen (secondary N) is 1. The number of aliphatic hydroxyl groups excluding tert-OH is 1.